The fourth-order valence-corrected chi connectivity index (χ4v) is 2.32. The molecule has 0 aliphatic carbocycles. The average molecular weight is 355 g/mol. The van der Waals surface area contributed by atoms with Crippen molar-refractivity contribution in [1.82, 2.24) is 4.31 Å². The zero-order valence-corrected chi connectivity index (χ0v) is 14.1. The van der Waals surface area contributed by atoms with Gasteiger partial charge >= 0.3 is 10.3 Å². The molecule has 122 valence electrons. The van der Waals surface area contributed by atoms with E-state index in [2.05, 4.69) is 5.32 Å². The lowest BCUT2D eigenvalue weighted by atomic mass is 10.2. The van der Waals surface area contributed by atoms with E-state index in [1.165, 1.54) is 38.4 Å². The van der Waals surface area contributed by atoms with Crippen molar-refractivity contribution in [2.75, 3.05) is 19.4 Å². The van der Waals surface area contributed by atoms with Crippen molar-refractivity contribution >= 4 is 33.5 Å². The highest BCUT2D eigenvalue weighted by molar-refractivity contribution is 7.84. The van der Waals surface area contributed by atoms with Gasteiger partial charge in [-0.15, -0.1) is 0 Å². The smallest absolute Gasteiger partial charge is 0.371 e. The first-order chi connectivity index (χ1) is 10.8. The Hall–Kier alpha value is -2.09. The predicted octanol–water partition coefficient (Wildman–Crippen LogP) is 2.78. The van der Waals surface area contributed by atoms with Gasteiger partial charge in [0, 0.05) is 30.4 Å². The monoisotopic (exact) mass is 354 g/mol. The van der Waals surface area contributed by atoms with Crippen molar-refractivity contribution in [3.8, 4) is 5.75 Å². The third-order valence-corrected chi connectivity index (χ3v) is 4.38. The molecule has 0 radical (unpaired) electrons. The second-order valence-electron chi connectivity index (χ2n) is 4.81. The van der Waals surface area contributed by atoms with Crippen LogP contribution >= 0.6 is 11.6 Å². The molecule has 0 bridgehead atoms. The van der Waals surface area contributed by atoms with E-state index in [-0.39, 0.29) is 11.7 Å². The number of carbonyl (C=O) groups is 1. The molecule has 2 rings (SSSR count). The third kappa shape index (κ3) is 4.69. The van der Waals surface area contributed by atoms with Crippen LogP contribution in [-0.4, -0.2) is 32.7 Å². The summed E-state index contributed by atoms with van der Waals surface area (Å²) in [6, 6.07) is 12.5. The van der Waals surface area contributed by atoms with Gasteiger partial charge in [-0.1, -0.05) is 17.7 Å². The lowest BCUT2D eigenvalue weighted by molar-refractivity contribution is 0.102. The third-order valence-electron chi connectivity index (χ3n) is 2.85. The number of hydrogen-bond acceptors (Lipinski definition) is 4. The quantitative estimate of drug-likeness (QED) is 0.895. The van der Waals surface area contributed by atoms with Crippen LogP contribution in [0.2, 0.25) is 5.02 Å². The molecular weight excluding hydrogens is 340 g/mol. The number of halogens is 1. The molecule has 2 aromatic rings. The summed E-state index contributed by atoms with van der Waals surface area (Å²) in [5.41, 5.74) is 0.928. The Morgan fingerprint density at radius 1 is 1.13 bits per heavy atom. The molecule has 0 aliphatic heterocycles. The number of rotatable bonds is 5. The predicted molar refractivity (Wildman–Crippen MR) is 89.1 cm³/mol. The number of nitrogens with one attached hydrogen (secondary N) is 1. The molecule has 1 N–H and O–H groups in total. The SMILES string of the molecule is CN(C)S(=O)(=O)Oc1ccc(C(=O)Nc2cccc(Cl)c2)cc1. The largest absolute Gasteiger partial charge is 0.384 e. The van der Waals surface area contributed by atoms with Crippen LogP contribution in [0.15, 0.2) is 48.5 Å². The van der Waals surface area contributed by atoms with E-state index >= 15 is 0 Å². The average Bonchev–Trinajstić information content (AvgIpc) is 2.47. The molecule has 0 atom stereocenters. The molecule has 0 fully saturated rings. The summed E-state index contributed by atoms with van der Waals surface area (Å²) in [7, 11) is -1.09. The first-order valence-corrected chi connectivity index (χ1v) is 8.31. The maximum Gasteiger partial charge on any atom is 0.384 e. The van der Waals surface area contributed by atoms with E-state index in [1.54, 1.807) is 24.3 Å². The summed E-state index contributed by atoms with van der Waals surface area (Å²) in [5, 5.41) is 3.21. The van der Waals surface area contributed by atoms with Crippen molar-refractivity contribution in [3.63, 3.8) is 0 Å². The van der Waals surface area contributed by atoms with E-state index in [9.17, 15) is 13.2 Å². The molecule has 0 heterocycles. The minimum atomic E-state index is -3.82. The summed E-state index contributed by atoms with van der Waals surface area (Å²) >= 11 is 5.85. The van der Waals surface area contributed by atoms with Crippen LogP contribution < -0.4 is 9.50 Å². The molecule has 8 heteroatoms. The number of benzene rings is 2. The highest BCUT2D eigenvalue weighted by atomic mass is 35.5. The summed E-state index contributed by atoms with van der Waals surface area (Å²) in [5.74, 6) is -0.215. The van der Waals surface area contributed by atoms with Crippen molar-refractivity contribution in [1.29, 1.82) is 0 Å². The Labute approximate surface area is 139 Å². The second kappa shape index (κ2) is 6.99. The lowest BCUT2D eigenvalue weighted by Crippen LogP contribution is -2.27. The van der Waals surface area contributed by atoms with E-state index in [1.807, 2.05) is 0 Å². The molecule has 0 unspecified atom stereocenters. The summed E-state index contributed by atoms with van der Waals surface area (Å²) < 4.78 is 29.0. The van der Waals surface area contributed by atoms with Gasteiger partial charge in [0.1, 0.15) is 5.75 Å². The fraction of sp³-hybridized carbons (Fsp3) is 0.133. The molecule has 0 aliphatic rings. The molecule has 0 aromatic heterocycles. The van der Waals surface area contributed by atoms with Gasteiger partial charge in [0.2, 0.25) is 0 Å². The van der Waals surface area contributed by atoms with Crippen molar-refractivity contribution < 1.29 is 17.4 Å². The van der Waals surface area contributed by atoms with Crippen molar-refractivity contribution in [3.05, 3.63) is 59.1 Å². The lowest BCUT2D eigenvalue weighted by Gasteiger charge is -2.12. The normalized spacial score (nSPS) is 11.3. The van der Waals surface area contributed by atoms with Crippen molar-refractivity contribution in [2.45, 2.75) is 0 Å². The summed E-state index contributed by atoms with van der Waals surface area (Å²) in [4.78, 5) is 12.1. The maximum atomic E-state index is 12.1. The zero-order chi connectivity index (χ0) is 17.0. The topological polar surface area (TPSA) is 75.7 Å². The van der Waals surface area contributed by atoms with E-state index in [0.717, 1.165) is 4.31 Å². The van der Waals surface area contributed by atoms with Crippen LogP contribution in [0.3, 0.4) is 0 Å². The highest BCUT2D eigenvalue weighted by Gasteiger charge is 2.16. The Morgan fingerprint density at radius 2 is 1.78 bits per heavy atom. The number of hydrogen-bond donors (Lipinski definition) is 1. The summed E-state index contributed by atoms with van der Waals surface area (Å²) in [6.45, 7) is 0. The van der Waals surface area contributed by atoms with Crippen LogP contribution in [0.25, 0.3) is 0 Å². The first-order valence-electron chi connectivity index (χ1n) is 6.57. The van der Waals surface area contributed by atoms with E-state index in [0.29, 0.717) is 16.3 Å². The highest BCUT2D eigenvalue weighted by Crippen LogP contribution is 2.18. The van der Waals surface area contributed by atoms with Crippen molar-refractivity contribution in [2.24, 2.45) is 0 Å². The van der Waals surface area contributed by atoms with Crippen LogP contribution in [0.4, 0.5) is 5.69 Å². The molecule has 2 aromatic carbocycles. The first kappa shape index (κ1) is 17.3. The summed E-state index contributed by atoms with van der Waals surface area (Å²) in [6.07, 6.45) is 0. The molecule has 0 saturated carbocycles. The Kier molecular flexibility index (Phi) is 5.25. The molecule has 0 saturated heterocycles. The van der Waals surface area contributed by atoms with Gasteiger partial charge in [-0.3, -0.25) is 4.79 Å². The van der Waals surface area contributed by atoms with Gasteiger partial charge in [-0.05, 0) is 42.5 Å². The number of nitrogens with zero attached hydrogens (tertiary/aromatic N) is 1. The number of amides is 1. The van der Waals surface area contributed by atoms with Crippen LogP contribution in [0.5, 0.6) is 5.75 Å². The van der Waals surface area contributed by atoms with Gasteiger partial charge in [-0.25, -0.2) is 0 Å². The van der Waals surface area contributed by atoms with E-state index < -0.39 is 10.3 Å². The molecule has 6 nitrogen and oxygen atoms in total. The number of carbonyl (C=O) groups excluding carboxylic acids is 1. The number of anilines is 1. The Bertz CT molecular complexity index is 804. The van der Waals surface area contributed by atoms with Crippen LogP contribution in [0.1, 0.15) is 10.4 Å². The fourth-order valence-electron chi connectivity index (χ4n) is 1.63. The Balaban J connectivity index is 2.09. The van der Waals surface area contributed by atoms with Gasteiger partial charge in [0.05, 0.1) is 0 Å². The molecule has 0 spiro atoms. The molecule has 23 heavy (non-hydrogen) atoms. The Morgan fingerprint density at radius 3 is 2.35 bits per heavy atom. The minimum absolute atomic E-state index is 0.123. The maximum absolute atomic E-state index is 12.1. The van der Waals surface area contributed by atoms with Gasteiger partial charge in [0.15, 0.2) is 0 Å². The second-order valence-corrected chi connectivity index (χ2v) is 7.00. The van der Waals surface area contributed by atoms with Crippen LogP contribution in [0, 0.1) is 0 Å². The van der Waals surface area contributed by atoms with Gasteiger partial charge in [0.25, 0.3) is 5.91 Å². The minimum Gasteiger partial charge on any atom is -0.371 e. The molecular formula is C15H15ClN2O4S. The molecule has 1 amide bonds. The van der Waals surface area contributed by atoms with Crippen LogP contribution in [-0.2, 0) is 10.3 Å². The zero-order valence-electron chi connectivity index (χ0n) is 12.5. The van der Waals surface area contributed by atoms with E-state index in [4.69, 9.17) is 15.8 Å². The van der Waals surface area contributed by atoms with Gasteiger partial charge < -0.3 is 9.50 Å². The standard InChI is InChI=1S/C15H15ClN2O4S/c1-18(2)23(20,21)22-14-8-6-11(7-9-14)15(19)17-13-5-3-4-12(16)10-13/h3-10H,1-2H3,(H,17,19). The van der Waals surface area contributed by atoms with Gasteiger partial charge in [-0.2, -0.15) is 12.7 Å².